The molecule has 6 aliphatic carbocycles. The fourth-order valence-electron chi connectivity index (χ4n) is 15.0. The summed E-state index contributed by atoms with van der Waals surface area (Å²) in [6.45, 7) is -5.60. The third kappa shape index (κ3) is 7.88. The maximum absolute atomic E-state index is 15.0. The maximum atomic E-state index is 15.0. The Bertz CT molecular complexity index is 3080. The molecule has 4 saturated carbocycles. The lowest BCUT2D eigenvalue weighted by atomic mass is 9.49. The minimum atomic E-state index is -9.39. The van der Waals surface area contributed by atoms with E-state index in [1.54, 1.807) is 0 Å². The van der Waals surface area contributed by atoms with Gasteiger partial charge in [-0.3, -0.25) is 19.4 Å². The Morgan fingerprint density at radius 3 is 1.12 bits per heavy atom. The van der Waals surface area contributed by atoms with Crippen molar-refractivity contribution in [3.63, 3.8) is 0 Å². The van der Waals surface area contributed by atoms with Crippen LogP contribution < -0.4 is 18.9 Å². The number of hydrogen-bond acceptors (Lipinski definition) is 14. The largest absolute Gasteiger partial charge is 0.514 e. The van der Waals surface area contributed by atoms with E-state index in [4.69, 9.17) is 18.9 Å². The van der Waals surface area contributed by atoms with Gasteiger partial charge >= 0.3 is 71.5 Å². The number of carbonyl (C=O) groups is 4. The first-order chi connectivity index (χ1) is 40.5. The van der Waals surface area contributed by atoms with Gasteiger partial charge in [0.25, 0.3) is 0 Å². The highest BCUT2D eigenvalue weighted by atomic mass is 19.4. The molecule has 8 atom stereocenters. The predicted octanol–water partition coefficient (Wildman–Crippen LogP) is 10.0. The van der Waals surface area contributed by atoms with Crippen LogP contribution in [0.4, 0.5) is 97.4 Å². The SMILES string of the molecule is O=C(OCC(F)(F)C(F)(F)C(F)(F)C(F)(F)C(F)(F)C(F)(F)C(F)(F)C(F)(F)C(F)(F)C(F)(F)COC(=O)Oc1ccc2c3c1O[C@H]1C(=O)CC[C@@]4(O)[C@@H](C2)N(CC2CC2)CC[C@]314)Oc1ccc2c3c1O[C@H]1C(=O)CC[C@@]4(O)[C@@H](C2)N(CC2CC2)CC[C@]314. The topological polar surface area (TPSA) is 171 Å². The summed E-state index contributed by atoms with van der Waals surface area (Å²) in [5, 5.41) is 24.7. The molecular weight excluding hydrogens is 1250 g/mol. The minimum Gasteiger partial charge on any atom is -0.477 e. The summed E-state index contributed by atoms with van der Waals surface area (Å²) in [5.74, 6) is -89.8. The molecule has 4 heterocycles. The van der Waals surface area contributed by atoms with E-state index >= 15 is 0 Å². The molecule has 0 amide bonds. The number of benzene rings is 2. The Morgan fingerprint density at radius 1 is 0.489 bits per heavy atom. The van der Waals surface area contributed by atoms with Crippen molar-refractivity contribution in [3.05, 3.63) is 46.5 Å². The number of hydrogen-bond donors (Lipinski definition) is 2. The standard InChI is InChI=1S/C54H48F20N2O12/c55-45(56,21-83-39(79)85-29-7-5-25-17-31-43(81)11-9-27(77)37-41(43,33(25)35(29)87-37)13-15-75(31)19-23-1-2-23)47(59,60)49(63,64)51(67,68)53(71,72)54(73,74)52(69,70)50(65,66)48(61,62)46(57,58)22-84-40(80)86-30-8-6-26-18-32-44(82)12-10-28(78)38-42(44,34(26)36(30)88-38)14-16-76(32)20-24-3-4-24/h5-8,23-24,31-32,37-38,81-82H,1-4,9-22H2/t31-,32-,37+,38+,41+,42+,43-,44-/m1/s1. The van der Waals surface area contributed by atoms with Crippen LogP contribution in [0.1, 0.15) is 86.5 Å². The molecule has 14 nitrogen and oxygen atoms in total. The van der Waals surface area contributed by atoms with Gasteiger partial charge in [0, 0.05) is 49.1 Å². The van der Waals surface area contributed by atoms with Crippen molar-refractivity contribution >= 4 is 23.9 Å². The van der Waals surface area contributed by atoms with Crippen molar-refractivity contribution in [2.75, 3.05) is 39.4 Å². The van der Waals surface area contributed by atoms with E-state index in [0.29, 0.717) is 49.1 Å². The Hall–Kier alpha value is -5.64. The second-order valence-electron chi connectivity index (χ2n) is 24.7. The number of ketones is 2. The molecule has 12 rings (SSSR count). The quantitative estimate of drug-likeness (QED) is 0.0774. The van der Waals surface area contributed by atoms with Gasteiger partial charge < -0.3 is 38.6 Å². The maximum Gasteiger partial charge on any atom is 0.514 e. The monoisotopic (exact) mass is 1300 g/mol. The Balaban J connectivity index is 0.718. The van der Waals surface area contributed by atoms with Crippen LogP contribution in [0.15, 0.2) is 24.3 Å². The molecule has 0 radical (unpaired) electrons. The fourth-order valence-corrected chi connectivity index (χ4v) is 15.0. The van der Waals surface area contributed by atoms with Gasteiger partial charge in [0.15, 0.2) is 60.0 Å². The molecule has 6 fully saturated rings. The summed E-state index contributed by atoms with van der Waals surface area (Å²) in [5.41, 5.74) is -5.44. The number of halogens is 20. The normalized spacial score (nSPS) is 30.7. The number of likely N-dealkylation sites (tertiary alicyclic amines) is 2. The third-order valence-corrected chi connectivity index (χ3v) is 19.9. The van der Waals surface area contributed by atoms with E-state index in [1.807, 2.05) is 9.80 Å². The van der Waals surface area contributed by atoms with Gasteiger partial charge in [-0.25, -0.2) is 9.59 Å². The van der Waals surface area contributed by atoms with Crippen molar-refractivity contribution in [1.82, 2.24) is 9.80 Å². The van der Waals surface area contributed by atoms with Gasteiger partial charge in [0.05, 0.1) is 22.0 Å². The van der Waals surface area contributed by atoms with Crippen LogP contribution in [-0.2, 0) is 42.7 Å². The van der Waals surface area contributed by atoms with Crippen LogP contribution in [0.2, 0.25) is 0 Å². The predicted molar refractivity (Wildman–Crippen MR) is 250 cm³/mol. The molecule has 2 N–H and O–H groups in total. The number of aliphatic hydroxyl groups is 2. The molecule has 34 heteroatoms. The lowest BCUT2D eigenvalue weighted by Crippen LogP contribution is -2.77. The van der Waals surface area contributed by atoms with E-state index in [9.17, 15) is 117 Å². The van der Waals surface area contributed by atoms with Crippen molar-refractivity contribution in [1.29, 1.82) is 0 Å². The van der Waals surface area contributed by atoms with Gasteiger partial charge in [-0.05, 0) is 112 Å². The van der Waals surface area contributed by atoms with E-state index < -0.39 is 166 Å². The summed E-state index contributed by atoms with van der Waals surface area (Å²) in [6, 6.07) is 3.06. The Labute approximate surface area is 482 Å². The van der Waals surface area contributed by atoms with Crippen molar-refractivity contribution in [3.8, 4) is 23.0 Å². The van der Waals surface area contributed by atoms with E-state index in [1.165, 1.54) is 12.1 Å². The lowest BCUT2D eigenvalue weighted by molar-refractivity contribution is -0.469. The highest BCUT2D eigenvalue weighted by molar-refractivity contribution is 5.91. The highest BCUT2D eigenvalue weighted by Gasteiger charge is 2.98. The molecular formula is C54H48F20N2O12. The third-order valence-electron chi connectivity index (χ3n) is 19.9. The first kappa shape index (κ1) is 62.5. The second kappa shape index (κ2) is 19.0. The molecule has 10 aliphatic rings. The van der Waals surface area contributed by atoms with E-state index in [0.717, 1.165) is 37.8 Å². The first-order valence-corrected chi connectivity index (χ1v) is 27.6. The number of nitrogens with zero attached hydrogens (tertiary/aromatic N) is 2. The van der Waals surface area contributed by atoms with Crippen molar-refractivity contribution < 1.29 is 146 Å². The number of Topliss-reactive ketones (excluding diaryl/α,β-unsaturated/α-hetero) is 2. The molecule has 4 aliphatic heterocycles. The van der Waals surface area contributed by atoms with Crippen LogP contribution in [0.25, 0.3) is 0 Å². The van der Waals surface area contributed by atoms with E-state index in [2.05, 4.69) is 9.47 Å². The van der Waals surface area contributed by atoms with Gasteiger partial charge in [-0.15, -0.1) is 0 Å². The van der Waals surface area contributed by atoms with Gasteiger partial charge in [-0.1, -0.05) is 12.1 Å². The average molecular weight is 1300 g/mol. The smallest absolute Gasteiger partial charge is 0.477 e. The van der Waals surface area contributed by atoms with Crippen LogP contribution in [0.5, 0.6) is 23.0 Å². The summed E-state index contributed by atoms with van der Waals surface area (Å²) in [6.07, 6.45) is -4.90. The second-order valence-corrected chi connectivity index (χ2v) is 24.7. The summed E-state index contributed by atoms with van der Waals surface area (Å²) in [4.78, 5) is 56.1. The zero-order valence-electron chi connectivity index (χ0n) is 44.9. The molecule has 0 unspecified atom stereocenters. The first-order valence-electron chi connectivity index (χ1n) is 27.6. The molecule has 486 valence electrons. The minimum absolute atomic E-state index is 0.0519. The molecule has 2 spiro atoms. The molecule has 2 aromatic carbocycles. The van der Waals surface area contributed by atoms with Crippen LogP contribution in [0, 0.1) is 11.8 Å². The number of alkyl halides is 20. The zero-order valence-corrected chi connectivity index (χ0v) is 44.9. The van der Waals surface area contributed by atoms with Gasteiger partial charge in [0.1, 0.15) is 0 Å². The summed E-state index contributed by atoms with van der Waals surface area (Å²) >= 11 is 0. The molecule has 2 saturated heterocycles. The number of rotatable bonds is 19. The molecule has 4 bridgehead atoms. The Morgan fingerprint density at radius 2 is 0.807 bits per heavy atom. The van der Waals surface area contributed by atoms with Crippen LogP contribution >= 0.6 is 0 Å². The molecule has 2 aromatic rings. The highest BCUT2D eigenvalue weighted by Crippen LogP contribution is 2.69. The zero-order chi connectivity index (χ0) is 64.3. The van der Waals surface area contributed by atoms with Gasteiger partial charge in [-0.2, -0.15) is 87.8 Å². The van der Waals surface area contributed by atoms with Gasteiger partial charge in [0.2, 0.25) is 0 Å². The van der Waals surface area contributed by atoms with Crippen molar-refractivity contribution in [2.45, 2.75) is 183 Å². The summed E-state index contributed by atoms with van der Waals surface area (Å²) < 4.78 is 327. The fraction of sp³-hybridized carbons (Fsp3) is 0.704. The number of carbonyl (C=O) groups excluding carboxylic acids is 4. The molecule has 88 heavy (non-hydrogen) atoms. The van der Waals surface area contributed by atoms with Crippen LogP contribution in [0.3, 0.4) is 0 Å². The number of ether oxygens (including phenoxy) is 6. The van der Waals surface area contributed by atoms with Crippen LogP contribution in [-0.4, -0.2) is 178 Å². The summed E-state index contributed by atoms with van der Waals surface area (Å²) in [7, 11) is 0. The van der Waals surface area contributed by atoms with Crippen molar-refractivity contribution in [2.24, 2.45) is 11.8 Å². The lowest BCUT2D eigenvalue weighted by Gasteiger charge is -2.62. The number of piperidine rings is 2. The Kier molecular flexibility index (Phi) is 13.5. The average Bonchev–Trinajstić information content (AvgIpc) is 1.64. The molecule has 0 aromatic heterocycles. The van der Waals surface area contributed by atoms with E-state index in [-0.39, 0.29) is 62.5 Å².